The lowest BCUT2D eigenvalue weighted by atomic mass is 9.84. The van der Waals surface area contributed by atoms with Gasteiger partial charge in [-0.2, -0.15) is 0 Å². The average Bonchev–Trinajstić information content (AvgIpc) is 2.37. The molecule has 0 fully saturated rings. The first-order chi connectivity index (χ1) is 10.1. The second-order valence-corrected chi connectivity index (χ2v) is 9.45. The van der Waals surface area contributed by atoms with E-state index in [0.717, 1.165) is 0 Å². The van der Waals surface area contributed by atoms with E-state index in [1.807, 2.05) is 0 Å². The van der Waals surface area contributed by atoms with Crippen LogP contribution in [0.2, 0.25) is 0 Å². The molecule has 0 aliphatic rings. The number of hydrogen-bond donors (Lipinski definition) is 0. The van der Waals surface area contributed by atoms with Crippen molar-refractivity contribution in [3.05, 3.63) is 12.2 Å². The molecule has 0 bridgehead atoms. The van der Waals surface area contributed by atoms with Gasteiger partial charge in [0.15, 0.2) is 0 Å². The minimum Gasteiger partial charge on any atom is -0.0993 e. The van der Waals surface area contributed by atoms with Crippen LogP contribution < -0.4 is 0 Å². The molecule has 0 amide bonds. The summed E-state index contributed by atoms with van der Waals surface area (Å²) in [5.74, 6) is 0. The van der Waals surface area contributed by atoms with E-state index in [1.165, 1.54) is 82.6 Å². The maximum atomic E-state index is 4.22. The van der Waals surface area contributed by atoms with Crippen LogP contribution in [0.25, 0.3) is 0 Å². The topological polar surface area (TPSA) is 0 Å². The smallest absolute Gasteiger partial charge is 0.0176 e. The van der Waals surface area contributed by atoms with E-state index in [4.69, 9.17) is 0 Å². The Hall–Kier alpha value is -0.260. The van der Waals surface area contributed by atoms with Crippen molar-refractivity contribution in [2.45, 2.75) is 119 Å². The Kier molecular flexibility index (Phi) is 11.2. The van der Waals surface area contributed by atoms with Crippen LogP contribution in [0.4, 0.5) is 0 Å². The Labute approximate surface area is 142 Å². The number of rotatable bonds is 12. The van der Waals surface area contributed by atoms with Crippen LogP contribution >= 0.6 is 0 Å². The molecule has 0 aromatic rings. The monoisotopic (exact) mass is 308 g/mol. The number of hydrogen-bond acceptors (Lipinski definition) is 0. The molecule has 132 valence electrons. The first-order valence-electron chi connectivity index (χ1n) is 9.81. The summed E-state index contributed by atoms with van der Waals surface area (Å²) in [6, 6.07) is 0. The second kappa shape index (κ2) is 11.3. The molecule has 0 heteroatoms. The van der Waals surface area contributed by atoms with Gasteiger partial charge in [0.25, 0.3) is 0 Å². The van der Waals surface area contributed by atoms with Gasteiger partial charge in [-0.25, -0.2) is 0 Å². The summed E-state index contributed by atoms with van der Waals surface area (Å²) in [6.07, 6.45) is 16.8. The van der Waals surface area contributed by atoms with Crippen molar-refractivity contribution in [1.82, 2.24) is 0 Å². The highest BCUT2D eigenvalue weighted by Crippen LogP contribution is 2.28. The zero-order valence-electron chi connectivity index (χ0n) is 16.7. The molecule has 0 aliphatic carbocycles. The molecule has 0 N–H and O–H groups in total. The van der Waals surface area contributed by atoms with Crippen molar-refractivity contribution >= 4 is 0 Å². The zero-order chi connectivity index (χ0) is 17.1. The SMILES string of the molecule is C=C(CCCCCCCCCCCCC(C)(C)C)C(C)(C)C. The van der Waals surface area contributed by atoms with Crippen LogP contribution in [-0.2, 0) is 0 Å². The predicted octanol–water partition coefficient (Wildman–Crippen LogP) is 8.32. The fourth-order valence-corrected chi connectivity index (χ4v) is 2.78. The Morgan fingerprint density at radius 1 is 0.591 bits per heavy atom. The van der Waals surface area contributed by atoms with E-state index in [9.17, 15) is 0 Å². The van der Waals surface area contributed by atoms with Crippen LogP contribution in [0.15, 0.2) is 12.2 Å². The van der Waals surface area contributed by atoms with Crippen LogP contribution in [0.5, 0.6) is 0 Å². The molecule has 0 saturated heterocycles. The Morgan fingerprint density at radius 2 is 0.955 bits per heavy atom. The molecule has 0 aromatic heterocycles. The van der Waals surface area contributed by atoms with Gasteiger partial charge in [0, 0.05) is 0 Å². The van der Waals surface area contributed by atoms with Crippen LogP contribution in [0, 0.1) is 10.8 Å². The maximum absolute atomic E-state index is 4.22. The molecule has 0 nitrogen and oxygen atoms in total. The van der Waals surface area contributed by atoms with Gasteiger partial charge in [-0.1, -0.05) is 111 Å². The summed E-state index contributed by atoms with van der Waals surface area (Å²) >= 11 is 0. The van der Waals surface area contributed by atoms with Crippen LogP contribution in [-0.4, -0.2) is 0 Å². The third kappa shape index (κ3) is 14.7. The second-order valence-electron chi connectivity index (χ2n) is 9.45. The molecule has 0 spiro atoms. The molecule has 0 heterocycles. The quantitative estimate of drug-likeness (QED) is 0.251. The predicted molar refractivity (Wildman–Crippen MR) is 103 cm³/mol. The maximum Gasteiger partial charge on any atom is -0.0176 e. The highest BCUT2D eigenvalue weighted by atomic mass is 14.2. The minimum absolute atomic E-state index is 0.299. The van der Waals surface area contributed by atoms with Crippen LogP contribution in [0.1, 0.15) is 119 Å². The van der Waals surface area contributed by atoms with Gasteiger partial charge in [0.1, 0.15) is 0 Å². The summed E-state index contributed by atoms with van der Waals surface area (Å²) in [6.45, 7) is 18.1. The van der Waals surface area contributed by atoms with Crippen molar-refractivity contribution < 1.29 is 0 Å². The summed E-state index contributed by atoms with van der Waals surface area (Å²) < 4.78 is 0. The standard InChI is InChI=1S/C22H44/c1-20(22(5,6)7)18-16-14-12-10-8-9-11-13-15-17-19-21(2,3)4/h1,8-19H2,2-7H3. The zero-order valence-corrected chi connectivity index (χ0v) is 16.7. The molecule has 0 aromatic carbocycles. The van der Waals surface area contributed by atoms with Gasteiger partial charge in [-0.3, -0.25) is 0 Å². The highest BCUT2D eigenvalue weighted by molar-refractivity contribution is 5.04. The minimum atomic E-state index is 0.299. The number of unbranched alkanes of at least 4 members (excludes halogenated alkanes) is 9. The molecule has 0 aliphatic heterocycles. The summed E-state index contributed by atoms with van der Waals surface area (Å²) in [5.41, 5.74) is 2.24. The van der Waals surface area contributed by atoms with E-state index in [0.29, 0.717) is 10.8 Å². The fourth-order valence-electron chi connectivity index (χ4n) is 2.78. The lowest BCUT2D eigenvalue weighted by molar-refractivity contribution is 0.356. The molecule has 0 atom stereocenters. The van der Waals surface area contributed by atoms with E-state index in [-0.39, 0.29) is 0 Å². The molecule has 22 heavy (non-hydrogen) atoms. The normalized spacial score (nSPS) is 12.6. The Balaban J connectivity index is 3.23. The fraction of sp³-hybridized carbons (Fsp3) is 0.909. The molecular formula is C22H44. The van der Waals surface area contributed by atoms with Crippen molar-refractivity contribution in [1.29, 1.82) is 0 Å². The highest BCUT2D eigenvalue weighted by Gasteiger charge is 2.13. The molecule has 0 radical (unpaired) electrons. The van der Waals surface area contributed by atoms with Gasteiger partial charge in [0.05, 0.1) is 0 Å². The largest absolute Gasteiger partial charge is 0.0993 e. The number of allylic oxidation sites excluding steroid dienone is 1. The van der Waals surface area contributed by atoms with Crippen LogP contribution in [0.3, 0.4) is 0 Å². The first kappa shape index (κ1) is 21.7. The van der Waals surface area contributed by atoms with E-state index >= 15 is 0 Å². The Bertz CT molecular complexity index is 271. The van der Waals surface area contributed by atoms with E-state index in [2.05, 4.69) is 48.1 Å². The third-order valence-corrected chi connectivity index (χ3v) is 4.72. The molecule has 0 unspecified atom stereocenters. The lowest BCUT2D eigenvalue weighted by Crippen LogP contribution is -2.07. The molecular weight excluding hydrogens is 264 g/mol. The van der Waals surface area contributed by atoms with Crippen molar-refractivity contribution in [3.8, 4) is 0 Å². The van der Waals surface area contributed by atoms with E-state index < -0.39 is 0 Å². The Morgan fingerprint density at radius 3 is 1.32 bits per heavy atom. The van der Waals surface area contributed by atoms with Crippen molar-refractivity contribution in [2.24, 2.45) is 10.8 Å². The van der Waals surface area contributed by atoms with Crippen molar-refractivity contribution in [3.63, 3.8) is 0 Å². The van der Waals surface area contributed by atoms with Crippen molar-refractivity contribution in [2.75, 3.05) is 0 Å². The first-order valence-corrected chi connectivity index (χ1v) is 9.81. The summed E-state index contributed by atoms with van der Waals surface area (Å²) in [7, 11) is 0. The van der Waals surface area contributed by atoms with Gasteiger partial charge >= 0.3 is 0 Å². The van der Waals surface area contributed by atoms with Gasteiger partial charge in [-0.15, -0.1) is 0 Å². The van der Waals surface area contributed by atoms with Gasteiger partial charge < -0.3 is 0 Å². The average molecular weight is 309 g/mol. The third-order valence-electron chi connectivity index (χ3n) is 4.72. The lowest BCUT2D eigenvalue weighted by Gasteiger charge is -2.21. The summed E-state index contributed by atoms with van der Waals surface area (Å²) in [5, 5.41) is 0. The molecule has 0 rings (SSSR count). The van der Waals surface area contributed by atoms with E-state index in [1.54, 1.807) is 0 Å². The van der Waals surface area contributed by atoms with Gasteiger partial charge in [-0.05, 0) is 30.1 Å². The summed E-state index contributed by atoms with van der Waals surface area (Å²) in [4.78, 5) is 0. The van der Waals surface area contributed by atoms with Gasteiger partial charge in [0.2, 0.25) is 0 Å². The molecule has 0 saturated carbocycles.